The molecule has 0 bridgehead atoms. The second-order valence-corrected chi connectivity index (χ2v) is 4.72. The molecule has 1 aromatic rings. The Labute approximate surface area is 102 Å². The second-order valence-electron chi connectivity index (χ2n) is 3.80. The summed E-state index contributed by atoms with van der Waals surface area (Å²) in [5, 5.41) is 8.78. The fourth-order valence-corrected chi connectivity index (χ4v) is 2.37. The average molecular weight is 286 g/mol. The van der Waals surface area contributed by atoms with Gasteiger partial charge in [0, 0.05) is 17.3 Å². The zero-order valence-corrected chi connectivity index (χ0v) is 10.2. The number of ether oxygens (including phenoxy) is 1. The van der Waals surface area contributed by atoms with E-state index in [0.717, 1.165) is 27.8 Å². The minimum absolute atomic E-state index is 0.289. The molecule has 1 aliphatic rings. The highest BCUT2D eigenvalue weighted by atomic mass is 79.9. The number of carbonyl (C=O) groups is 1. The van der Waals surface area contributed by atoms with Crippen molar-refractivity contribution in [2.45, 2.75) is 18.9 Å². The molecule has 1 atom stereocenters. The zero-order valence-electron chi connectivity index (χ0n) is 8.57. The number of carboxylic acids is 1. The van der Waals surface area contributed by atoms with Gasteiger partial charge in [-0.05, 0) is 23.3 Å². The lowest BCUT2D eigenvalue weighted by atomic mass is 10.0. The van der Waals surface area contributed by atoms with Crippen molar-refractivity contribution in [3.8, 4) is 5.75 Å². The van der Waals surface area contributed by atoms with Crippen LogP contribution >= 0.6 is 15.9 Å². The van der Waals surface area contributed by atoms with E-state index in [9.17, 15) is 4.79 Å². The number of hydrogen-bond donors (Lipinski definition) is 2. The molecule has 1 aromatic carbocycles. The highest BCUT2D eigenvalue weighted by Crippen LogP contribution is 2.33. The molecule has 1 heterocycles. The van der Waals surface area contributed by atoms with Crippen molar-refractivity contribution < 1.29 is 14.6 Å². The lowest BCUT2D eigenvalue weighted by molar-refractivity contribution is -0.138. The van der Waals surface area contributed by atoms with Crippen LogP contribution in [-0.4, -0.2) is 23.7 Å². The zero-order chi connectivity index (χ0) is 11.7. The van der Waals surface area contributed by atoms with E-state index < -0.39 is 12.0 Å². The van der Waals surface area contributed by atoms with Crippen LogP contribution in [0.25, 0.3) is 0 Å². The van der Waals surface area contributed by atoms with E-state index in [4.69, 9.17) is 15.6 Å². The summed E-state index contributed by atoms with van der Waals surface area (Å²) < 4.78 is 6.43. The van der Waals surface area contributed by atoms with Crippen LogP contribution in [0.15, 0.2) is 16.6 Å². The molecule has 0 amide bonds. The molecule has 0 radical (unpaired) electrons. The molecule has 0 saturated heterocycles. The molecule has 1 aliphatic heterocycles. The van der Waals surface area contributed by atoms with Crippen LogP contribution in [-0.2, 0) is 17.6 Å². The summed E-state index contributed by atoms with van der Waals surface area (Å²) >= 11 is 3.40. The number of rotatable bonds is 3. The first-order chi connectivity index (χ1) is 7.58. The molecular formula is C11H12BrNO3. The van der Waals surface area contributed by atoms with Gasteiger partial charge < -0.3 is 15.6 Å². The molecule has 0 aromatic heterocycles. The summed E-state index contributed by atoms with van der Waals surface area (Å²) in [6.45, 7) is 0.654. The first-order valence-corrected chi connectivity index (χ1v) is 5.79. The maximum atomic E-state index is 10.7. The Morgan fingerprint density at radius 1 is 1.62 bits per heavy atom. The van der Waals surface area contributed by atoms with Crippen LogP contribution in [0.5, 0.6) is 5.75 Å². The first-order valence-electron chi connectivity index (χ1n) is 5.00. The van der Waals surface area contributed by atoms with Gasteiger partial charge in [0.05, 0.1) is 6.61 Å². The highest BCUT2D eigenvalue weighted by Gasteiger charge is 2.21. The van der Waals surface area contributed by atoms with Crippen molar-refractivity contribution >= 4 is 21.9 Å². The maximum Gasteiger partial charge on any atom is 0.320 e. The van der Waals surface area contributed by atoms with E-state index in [1.54, 1.807) is 0 Å². The van der Waals surface area contributed by atoms with Gasteiger partial charge in [-0.3, -0.25) is 4.79 Å². The van der Waals surface area contributed by atoms with Crippen molar-refractivity contribution in [2.24, 2.45) is 5.73 Å². The average Bonchev–Trinajstić information content (AvgIpc) is 2.65. The number of fused-ring (bicyclic) bond motifs is 1. The summed E-state index contributed by atoms with van der Waals surface area (Å²) in [5.41, 5.74) is 7.49. The molecule has 1 unspecified atom stereocenters. The van der Waals surface area contributed by atoms with Gasteiger partial charge in [0.15, 0.2) is 0 Å². The molecule has 16 heavy (non-hydrogen) atoms. The van der Waals surface area contributed by atoms with Crippen LogP contribution in [0.1, 0.15) is 11.1 Å². The van der Waals surface area contributed by atoms with Crippen LogP contribution in [0.4, 0.5) is 0 Å². The van der Waals surface area contributed by atoms with Crippen LogP contribution in [0.3, 0.4) is 0 Å². The van der Waals surface area contributed by atoms with Gasteiger partial charge in [0.25, 0.3) is 0 Å². The maximum absolute atomic E-state index is 10.7. The van der Waals surface area contributed by atoms with Crippen molar-refractivity contribution in [1.82, 2.24) is 0 Å². The molecule has 86 valence electrons. The first kappa shape index (κ1) is 11.4. The highest BCUT2D eigenvalue weighted by molar-refractivity contribution is 9.10. The van der Waals surface area contributed by atoms with E-state index >= 15 is 0 Å². The number of halogens is 1. The summed E-state index contributed by atoms with van der Waals surface area (Å²) in [7, 11) is 0. The molecule has 0 aliphatic carbocycles. The fourth-order valence-electron chi connectivity index (χ4n) is 1.82. The Balaban J connectivity index is 2.30. The Hall–Kier alpha value is -1.07. The van der Waals surface area contributed by atoms with Gasteiger partial charge in [0.2, 0.25) is 0 Å². The summed E-state index contributed by atoms with van der Waals surface area (Å²) in [6.07, 6.45) is 1.15. The van der Waals surface area contributed by atoms with Crippen molar-refractivity contribution in [1.29, 1.82) is 0 Å². The van der Waals surface area contributed by atoms with Gasteiger partial charge in [-0.25, -0.2) is 0 Å². The van der Waals surface area contributed by atoms with Gasteiger partial charge in [0.1, 0.15) is 11.8 Å². The third-order valence-corrected chi connectivity index (χ3v) is 3.04. The second kappa shape index (κ2) is 4.43. The quantitative estimate of drug-likeness (QED) is 0.879. The smallest absolute Gasteiger partial charge is 0.320 e. The molecule has 0 saturated carbocycles. The Bertz CT molecular complexity index is 433. The molecular weight excluding hydrogens is 274 g/mol. The van der Waals surface area contributed by atoms with Crippen LogP contribution in [0.2, 0.25) is 0 Å². The molecule has 4 nitrogen and oxygen atoms in total. The number of nitrogens with two attached hydrogens (primary N) is 1. The third-order valence-electron chi connectivity index (χ3n) is 2.58. The van der Waals surface area contributed by atoms with E-state index in [2.05, 4.69) is 15.9 Å². The lowest BCUT2D eigenvalue weighted by Gasteiger charge is -2.11. The summed E-state index contributed by atoms with van der Waals surface area (Å²) in [4.78, 5) is 10.7. The lowest BCUT2D eigenvalue weighted by Crippen LogP contribution is -2.32. The number of benzene rings is 1. The SMILES string of the molecule is NC(Cc1cc(Br)cc2c1OCC2)C(=O)O. The van der Waals surface area contributed by atoms with Crippen molar-refractivity contribution in [2.75, 3.05) is 6.61 Å². The number of aliphatic carboxylic acids is 1. The predicted molar refractivity (Wildman–Crippen MR) is 62.7 cm³/mol. The van der Waals surface area contributed by atoms with Crippen molar-refractivity contribution in [3.05, 3.63) is 27.7 Å². The predicted octanol–water partition coefficient (Wildman–Crippen LogP) is 1.34. The topological polar surface area (TPSA) is 72.5 Å². The molecule has 3 N–H and O–H groups in total. The van der Waals surface area contributed by atoms with Gasteiger partial charge in [-0.1, -0.05) is 15.9 Å². The minimum Gasteiger partial charge on any atom is -0.493 e. The van der Waals surface area contributed by atoms with E-state index in [1.165, 1.54) is 0 Å². The van der Waals surface area contributed by atoms with E-state index in [-0.39, 0.29) is 6.42 Å². The van der Waals surface area contributed by atoms with Gasteiger partial charge in [-0.2, -0.15) is 0 Å². The van der Waals surface area contributed by atoms with Crippen molar-refractivity contribution in [3.63, 3.8) is 0 Å². The number of carboxylic acid groups (broad SMARTS) is 1. The summed E-state index contributed by atoms with van der Waals surface area (Å²) in [6, 6.07) is 2.98. The summed E-state index contributed by atoms with van der Waals surface area (Å²) in [5.74, 6) is -0.188. The third kappa shape index (κ3) is 2.20. The normalized spacial score (nSPS) is 15.4. The Kier molecular flexibility index (Phi) is 3.16. The standard InChI is InChI=1S/C11H12BrNO3/c12-8-3-6-1-2-16-10(6)7(4-8)5-9(13)11(14)15/h3-4,9H,1-2,5,13H2,(H,14,15). The van der Waals surface area contributed by atoms with E-state index in [0.29, 0.717) is 6.61 Å². The fraction of sp³-hybridized carbons (Fsp3) is 0.364. The number of hydrogen-bond acceptors (Lipinski definition) is 3. The molecule has 2 rings (SSSR count). The monoisotopic (exact) mass is 285 g/mol. The van der Waals surface area contributed by atoms with Gasteiger partial charge >= 0.3 is 5.97 Å². The molecule has 0 spiro atoms. The van der Waals surface area contributed by atoms with Crippen LogP contribution < -0.4 is 10.5 Å². The van der Waals surface area contributed by atoms with E-state index in [1.807, 2.05) is 12.1 Å². The Morgan fingerprint density at radius 2 is 2.38 bits per heavy atom. The molecule has 5 heteroatoms. The minimum atomic E-state index is -0.994. The Morgan fingerprint density at radius 3 is 3.06 bits per heavy atom. The molecule has 0 fully saturated rings. The van der Waals surface area contributed by atoms with Crippen LogP contribution in [0, 0.1) is 0 Å². The largest absolute Gasteiger partial charge is 0.493 e. The van der Waals surface area contributed by atoms with Gasteiger partial charge in [-0.15, -0.1) is 0 Å².